The Bertz CT molecular complexity index is 1200. The monoisotopic (exact) mass is 492 g/mol. The number of ether oxygens (including phenoxy) is 2. The standard InChI is InChI=1S/C23H22Cl2N2O4S/c1-27-12-11-20(15-27)31-23-14-17(5-10-22(23)25)26-32(28,29)21-8-6-18(7-9-21)30-19-4-2-3-16(24)13-19/h2-10,13-14,20,26H,11-12,15H2,1H3. The predicted octanol–water partition coefficient (Wildman–Crippen LogP) is 5.67. The van der Waals surface area contributed by atoms with E-state index in [4.69, 9.17) is 32.7 Å². The molecule has 4 rings (SSSR count). The zero-order chi connectivity index (χ0) is 22.7. The Morgan fingerprint density at radius 2 is 1.78 bits per heavy atom. The molecular weight excluding hydrogens is 471 g/mol. The number of likely N-dealkylation sites (N-methyl/N-ethyl adjacent to an activating group) is 1. The average molecular weight is 493 g/mol. The molecule has 6 nitrogen and oxygen atoms in total. The summed E-state index contributed by atoms with van der Waals surface area (Å²) in [5, 5.41) is 0.988. The molecule has 1 fully saturated rings. The summed E-state index contributed by atoms with van der Waals surface area (Å²) in [7, 11) is -1.78. The summed E-state index contributed by atoms with van der Waals surface area (Å²) in [5.74, 6) is 1.51. The average Bonchev–Trinajstić information content (AvgIpc) is 3.15. The molecule has 3 aromatic carbocycles. The first kappa shape index (κ1) is 22.7. The van der Waals surface area contributed by atoms with Gasteiger partial charge in [-0.25, -0.2) is 8.42 Å². The molecule has 1 atom stereocenters. The summed E-state index contributed by atoms with van der Waals surface area (Å²) in [4.78, 5) is 2.27. The normalized spacial score (nSPS) is 16.7. The van der Waals surface area contributed by atoms with Crippen LogP contribution in [0.25, 0.3) is 0 Å². The number of benzene rings is 3. The predicted molar refractivity (Wildman–Crippen MR) is 127 cm³/mol. The van der Waals surface area contributed by atoms with Crippen molar-refractivity contribution in [2.45, 2.75) is 17.4 Å². The molecule has 0 aromatic heterocycles. The smallest absolute Gasteiger partial charge is 0.261 e. The van der Waals surface area contributed by atoms with Gasteiger partial charge in [0.2, 0.25) is 0 Å². The lowest BCUT2D eigenvalue weighted by Crippen LogP contribution is -2.21. The van der Waals surface area contributed by atoms with Crippen molar-refractivity contribution in [2.24, 2.45) is 0 Å². The second kappa shape index (κ2) is 9.58. The van der Waals surface area contributed by atoms with Gasteiger partial charge in [0.05, 0.1) is 15.6 Å². The lowest BCUT2D eigenvalue weighted by atomic mass is 10.3. The van der Waals surface area contributed by atoms with Crippen LogP contribution in [0.15, 0.2) is 71.6 Å². The first-order valence-corrected chi connectivity index (χ1v) is 12.2. The molecule has 1 N–H and O–H groups in total. The van der Waals surface area contributed by atoms with Crippen LogP contribution in [-0.2, 0) is 10.0 Å². The van der Waals surface area contributed by atoms with Gasteiger partial charge in [0, 0.05) is 24.2 Å². The fourth-order valence-electron chi connectivity index (χ4n) is 3.39. The zero-order valence-electron chi connectivity index (χ0n) is 17.3. The lowest BCUT2D eigenvalue weighted by Gasteiger charge is -2.16. The van der Waals surface area contributed by atoms with Crippen LogP contribution >= 0.6 is 23.2 Å². The molecule has 32 heavy (non-hydrogen) atoms. The highest BCUT2D eigenvalue weighted by Gasteiger charge is 2.22. The highest BCUT2D eigenvalue weighted by molar-refractivity contribution is 7.92. The van der Waals surface area contributed by atoms with E-state index in [1.807, 2.05) is 7.05 Å². The molecule has 0 saturated carbocycles. The van der Waals surface area contributed by atoms with E-state index in [-0.39, 0.29) is 11.0 Å². The van der Waals surface area contributed by atoms with Crippen molar-refractivity contribution in [1.29, 1.82) is 0 Å². The van der Waals surface area contributed by atoms with Crippen LogP contribution in [0.4, 0.5) is 5.69 Å². The largest absolute Gasteiger partial charge is 0.487 e. The summed E-state index contributed by atoms with van der Waals surface area (Å²) < 4.78 is 40.0. The minimum Gasteiger partial charge on any atom is -0.487 e. The van der Waals surface area contributed by atoms with Gasteiger partial charge in [0.25, 0.3) is 10.0 Å². The van der Waals surface area contributed by atoms with Gasteiger partial charge in [0.15, 0.2) is 0 Å². The van der Waals surface area contributed by atoms with Crippen molar-refractivity contribution in [3.63, 3.8) is 0 Å². The van der Waals surface area contributed by atoms with Crippen LogP contribution in [0, 0.1) is 0 Å². The minimum atomic E-state index is -3.81. The molecule has 0 radical (unpaired) electrons. The first-order chi connectivity index (χ1) is 15.3. The highest BCUT2D eigenvalue weighted by Crippen LogP contribution is 2.31. The summed E-state index contributed by atoms with van der Waals surface area (Å²) in [6, 6.07) is 17.9. The van der Waals surface area contributed by atoms with Gasteiger partial charge < -0.3 is 14.4 Å². The van der Waals surface area contributed by atoms with E-state index >= 15 is 0 Å². The maximum absolute atomic E-state index is 12.8. The van der Waals surface area contributed by atoms with E-state index in [9.17, 15) is 8.42 Å². The van der Waals surface area contributed by atoms with Crippen molar-refractivity contribution in [3.05, 3.63) is 76.8 Å². The molecule has 1 aliphatic heterocycles. The van der Waals surface area contributed by atoms with E-state index in [1.165, 1.54) is 12.1 Å². The summed E-state index contributed by atoms with van der Waals surface area (Å²) in [6.07, 6.45) is 0.920. The van der Waals surface area contributed by atoms with E-state index in [2.05, 4.69) is 9.62 Å². The van der Waals surface area contributed by atoms with Crippen LogP contribution in [0.3, 0.4) is 0 Å². The maximum atomic E-state index is 12.8. The van der Waals surface area contributed by atoms with Crippen LogP contribution in [-0.4, -0.2) is 39.6 Å². The Balaban J connectivity index is 1.46. The number of likely N-dealkylation sites (tertiary alicyclic amines) is 1. The molecule has 0 bridgehead atoms. The minimum absolute atomic E-state index is 0.0244. The molecule has 1 aliphatic rings. The molecule has 9 heteroatoms. The second-order valence-electron chi connectivity index (χ2n) is 7.57. The number of nitrogens with zero attached hydrogens (tertiary/aromatic N) is 1. The van der Waals surface area contributed by atoms with E-state index in [0.29, 0.717) is 33.0 Å². The van der Waals surface area contributed by atoms with E-state index in [1.54, 1.807) is 54.6 Å². The van der Waals surface area contributed by atoms with Crippen molar-refractivity contribution in [1.82, 2.24) is 4.90 Å². The molecule has 1 saturated heterocycles. The Morgan fingerprint density at radius 1 is 1.00 bits per heavy atom. The third kappa shape index (κ3) is 5.66. The molecule has 1 heterocycles. The van der Waals surface area contributed by atoms with Gasteiger partial charge in [-0.2, -0.15) is 0 Å². The maximum Gasteiger partial charge on any atom is 0.261 e. The van der Waals surface area contributed by atoms with Crippen LogP contribution < -0.4 is 14.2 Å². The number of hydrogen-bond donors (Lipinski definition) is 1. The molecule has 0 spiro atoms. The topological polar surface area (TPSA) is 67.9 Å². The van der Waals surface area contributed by atoms with Gasteiger partial charge in [-0.05, 0) is 68.1 Å². The lowest BCUT2D eigenvalue weighted by molar-refractivity contribution is 0.208. The number of hydrogen-bond acceptors (Lipinski definition) is 5. The van der Waals surface area contributed by atoms with Gasteiger partial charge in [-0.1, -0.05) is 29.3 Å². The molecular formula is C23H22Cl2N2O4S. The molecule has 0 amide bonds. The number of anilines is 1. The summed E-state index contributed by atoms with van der Waals surface area (Å²) in [6.45, 7) is 1.75. The van der Waals surface area contributed by atoms with Gasteiger partial charge in [0.1, 0.15) is 23.4 Å². The molecule has 3 aromatic rings. The van der Waals surface area contributed by atoms with Crippen molar-refractivity contribution >= 4 is 38.9 Å². The number of rotatable bonds is 7. The third-order valence-corrected chi connectivity index (χ3v) is 6.94. The SMILES string of the molecule is CN1CCC(Oc2cc(NS(=O)(=O)c3ccc(Oc4cccc(Cl)c4)cc3)ccc2Cl)C1. The highest BCUT2D eigenvalue weighted by atomic mass is 35.5. The Kier molecular flexibility index (Phi) is 6.81. The Morgan fingerprint density at radius 3 is 2.47 bits per heavy atom. The number of nitrogens with one attached hydrogen (secondary N) is 1. The third-order valence-electron chi connectivity index (χ3n) is 4.99. The number of sulfonamides is 1. The van der Waals surface area contributed by atoms with Gasteiger partial charge in [-0.15, -0.1) is 0 Å². The number of halogens is 2. The van der Waals surface area contributed by atoms with E-state index in [0.717, 1.165) is 19.5 Å². The molecule has 168 valence electrons. The Labute approximate surface area is 197 Å². The summed E-state index contributed by atoms with van der Waals surface area (Å²) >= 11 is 12.2. The summed E-state index contributed by atoms with van der Waals surface area (Å²) in [5.41, 5.74) is 0.370. The quantitative estimate of drug-likeness (QED) is 0.460. The fraction of sp³-hybridized carbons (Fsp3) is 0.217. The van der Waals surface area contributed by atoms with Crippen LogP contribution in [0.1, 0.15) is 6.42 Å². The van der Waals surface area contributed by atoms with Crippen molar-refractivity contribution in [3.8, 4) is 17.2 Å². The molecule has 1 unspecified atom stereocenters. The first-order valence-electron chi connectivity index (χ1n) is 9.99. The van der Waals surface area contributed by atoms with E-state index < -0.39 is 10.0 Å². The second-order valence-corrected chi connectivity index (χ2v) is 10.1. The van der Waals surface area contributed by atoms with Crippen LogP contribution in [0.2, 0.25) is 10.0 Å². The zero-order valence-corrected chi connectivity index (χ0v) is 19.6. The van der Waals surface area contributed by atoms with Gasteiger partial charge in [-0.3, -0.25) is 4.72 Å². The van der Waals surface area contributed by atoms with Gasteiger partial charge >= 0.3 is 0 Å². The van der Waals surface area contributed by atoms with Crippen LogP contribution in [0.5, 0.6) is 17.2 Å². The molecule has 0 aliphatic carbocycles. The van der Waals surface area contributed by atoms with Crippen molar-refractivity contribution in [2.75, 3.05) is 24.9 Å². The Hall–Kier alpha value is -2.45. The fourth-order valence-corrected chi connectivity index (χ4v) is 4.79. The van der Waals surface area contributed by atoms with Crippen molar-refractivity contribution < 1.29 is 17.9 Å².